The van der Waals surface area contributed by atoms with Crippen molar-refractivity contribution in [2.24, 2.45) is 5.92 Å². The summed E-state index contributed by atoms with van der Waals surface area (Å²) < 4.78 is 6.06. The molecule has 0 aromatic carbocycles. The van der Waals surface area contributed by atoms with E-state index in [0.717, 1.165) is 43.7 Å². The second kappa shape index (κ2) is 5.78. The molecule has 2 saturated heterocycles. The van der Waals surface area contributed by atoms with Crippen molar-refractivity contribution in [3.63, 3.8) is 0 Å². The van der Waals surface area contributed by atoms with Crippen LogP contribution in [-0.2, 0) is 4.74 Å². The third kappa shape index (κ3) is 2.97. The van der Waals surface area contributed by atoms with Crippen molar-refractivity contribution in [3.05, 3.63) is 18.0 Å². The molecule has 1 aliphatic carbocycles. The molecule has 2 aliphatic heterocycles. The summed E-state index contributed by atoms with van der Waals surface area (Å²) in [6, 6.07) is 3.01. The zero-order valence-corrected chi connectivity index (χ0v) is 13.5. The molecule has 0 unspecified atom stereocenters. The lowest BCUT2D eigenvalue weighted by Gasteiger charge is -2.35. The number of anilines is 1. The Labute approximate surface area is 132 Å². The topological polar surface area (TPSA) is 50.3 Å². The van der Waals surface area contributed by atoms with E-state index in [1.807, 2.05) is 12.3 Å². The Hall–Kier alpha value is -1.20. The molecular weight excluding hydrogens is 276 g/mol. The number of nitrogens with zero attached hydrogens (tertiary/aromatic N) is 3. The lowest BCUT2D eigenvalue weighted by Crippen LogP contribution is -2.47. The van der Waals surface area contributed by atoms with Gasteiger partial charge in [-0.1, -0.05) is 13.8 Å². The van der Waals surface area contributed by atoms with E-state index in [0.29, 0.717) is 24.1 Å². The molecular formula is C17H26N4O. The van der Waals surface area contributed by atoms with Crippen LogP contribution >= 0.6 is 0 Å². The molecule has 3 atom stereocenters. The number of hydrogen-bond donors (Lipinski definition) is 1. The Kier molecular flexibility index (Phi) is 3.78. The average Bonchev–Trinajstić information content (AvgIpc) is 3.28. The number of ether oxygens (including phenoxy) is 1. The third-order valence-corrected chi connectivity index (χ3v) is 5.19. The SMILES string of the molecule is CC(C)c1ccnc(N[C@@H]2C[C@H]3CO[C@@H](C4CC4)CN3C2)n1. The molecule has 3 heterocycles. The first-order valence-corrected chi connectivity index (χ1v) is 8.64. The molecule has 1 N–H and O–H groups in total. The van der Waals surface area contributed by atoms with Gasteiger partial charge in [0.2, 0.25) is 5.95 Å². The first-order chi connectivity index (χ1) is 10.7. The van der Waals surface area contributed by atoms with Gasteiger partial charge < -0.3 is 10.1 Å². The highest BCUT2D eigenvalue weighted by Gasteiger charge is 2.42. The summed E-state index contributed by atoms with van der Waals surface area (Å²) in [6.07, 6.45) is 6.20. The number of aromatic nitrogens is 2. The van der Waals surface area contributed by atoms with E-state index in [1.54, 1.807) is 0 Å². The molecule has 4 rings (SSSR count). The summed E-state index contributed by atoms with van der Waals surface area (Å²) in [7, 11) is 0. The fourth-order valence-electron chi connectivity index (χ4n) is 3.70. The van der Waals surface area contributed by atoms with Crippen LogP contribution in [0, 0.1) is 5.92 Å². The Bertz CT molecular complexity index is 531. The number of nitrogens with one attached hydrogen (secondary N) is 1. The second-order valence-corrected chi connectivity index (χ2v) is 7.35. The number of rotatable bonds is 4. The molecule has 1 saturated carbocycles. The molecule has 120 valence electrons. The monoisotopic (exact) mass is 302 g/mol. The zero-order valence-electron chi connectivity index (χ0n) is 13.5. The van der Waals surface area contributed by atoms with Gasteiger partial charge in [-0.25, -0.2) is 9.97 Å². The summed E-state index contributed by atoms with van der Waals surface area (Å²) in [5.41, 5.74) is 1.10. The van der Waals surface area contributed by atoms with Crippen LogP contribution < -0.4 is 5.32 Å². The Morgan fingerprint density at radius 2 is 2.18 bits per heavy atom. The maximum atomic E-state index is 6.06. The first kappa shape index (κ1) is 14.4. The minimum absolute atomic E-state index is 0.436. The molecule has 5 nitrogen and oxygen atoms in total. The minimum atomic E-state index is 0.436. The van der Waals surface area contributed by atoms with Crippen LogP contribution in [0.1, 0.15) is 44.7 Å². The van der Waals surface area contributed by atoms with Crippen LogP contribution in [0.5, 0.6) is 0 Å². The highest BCUT2D eigenvalue weighted by atomic mass is 16.5. The molecule has 0 amide bonds. The summed E-state index contributed by atoms with van der Waals surface area (Å²) in [6.45, 7) is 7.42. The van der Waals surface area contributed by atoms with Crippen LogP contribution in [0.15, 0.2) is 12.3 Å². The van der Waals surface area contributed by atoms with E-state index in [1.165, 1.54) is 12.8 Å². The number of hydrogen-bond acceptors (Lipinski definition) is 5. The van der Waals surface area contributed by atoms with Gasteiger partial charge in [-0.05, 0) is 37.2 Å². The lowest BCUT2D eigenvalue weighted by molar-refractivity contribution is -0.0581. The average molecular weight is 302 g/mol. The Morgan fingerprint density at radius 1 is 1.32 bits per heavy atom. The molecule has 22 heavy (non-hydrogen) atoms. The van der Waals surface area contributed by atoms with Crippen molar-refractivity contribution < 1.29 is 4.74 Å². The van der Waals surface area contributed by atoms with Gasteiger partial charge in [-0.2, -0.15) is 0 Å². The minimum Gasteiger partial charge on any atom is -0.375 e. The summed E-state index contributed by atoms with van der Waals surface area (Å²) in [5, 5.41) is 3.53. The van der Waals surface area contributed by atoms with Gasteiger partial charge in [-0.15, -0.1) is 0 Å². The second-order valence-electron chi connectivity index (χ2n) is 7.35. The summed E-state index contributed by atoms with van der Waals surface area (Å²) in [4.78, 5) is 11.6. The van der Waals surface area contributed by atoms with E-state index in [-0.39, 0.29) is 0 Å². The molecule has 0 spiro atoms. The first-order valence-electron chi connectivity index (χ1n) is 8.64. The summed E-state index contributed by atoms with van der Waals surface area (Å²) in [5.74, 6) is 2.04. The van der Waals surface area contributed by atoms with Gasteiger partial charge in [0, 0.05) is 37.1 Å². The van der Waals surface area contributed by atoms with E-state index in [2.05, 4.69) is 34.0 Å². The third-order valence-electron chi connectivity index (χ3n) is 5.19. The number of morpholine rings is 1. The van der Waals surface area contributed by atoms with Gasteiger partial charge in [-0.3, -0.25) is 4.90 Å². The van der Waals surface area contributed by atoms with Crippen LogP contribution in [0.25, 0.3) is 0 Å². The molecule has 0 radical (unpaired) electrons. The highest BCUT2D eigenvalue weighted by Crippen LogP contribution is 2.38. The Balaban J connectivity index is 1.37. The largest absolute Gasteiger partial charge is 0.375 e. The standard InChI is InChI=1S/C17H26N4O/c1-11(2)15-5-6-18-17(20-15)19-13-7-14-10-22-16(12-3-4-12)9-21(14)8-13/h5-6,11-14,16H,3-4,7-10H2,1-2H3,(H,18,19,20)/t13-,14+,16-/m1/s1. The van der Waals surface area contributed by atoms with Gasteiger partial charge in [0.05, 0.1) is 12.7 Å². The lowest BCUT2D eigenvalue weighted by atomic mass is 10.1. The van der Waals surface area contributed by atoms with Crippen molar-refractivity contribution in [3.8, 4) is 0 Å². The van der Waals surface area contributed by atoms with Crippen molar-refractivity contribution in [1.82, 2.24) is 14.9 Å². The fourth-order valence-corrected chi connectivity index (χ4v) is 3.70. The molecule has 1 aromatic heterocycles. The molecule has 1 aromatic rings. The number of fused-ring (bicyclic) bond motifs is 1. The van der Waals surface area contributed by atoms with E-state index < -0.39 is 0 Å². The van der Waals surface area contributed by atoms with E-state index >= 15 is 0 Å². The summed E-state index contributed by atoms with van der Waals surface area (Å²) >= 11 is 0. The molecule has 3 fully saturated rings. The Morgan fingerprint density at radius 3 is 2.95 bits per heavy atom. The fraction of sp³-hybridized carbons (Fsp3) is 0.765. The van der Waals surface area contributed by atoms with Gasteiger partial charge in [0.15, 0.2) is 0 Å². The molecule has 5 heteroatoms. The van der Waals surface area contributed by atoms with Gasteiger partial charge in [0.25, 0.3) is 0 Å². The smallest absolute Gasteiger partial charge is 0.223 e. The predicted molar refractivity (Wildman–Crippen MR) is 86.0 cm³/mol. The van der Waals surface area contributed by atoms with Crippen LogP contribution in [-0.4, -0.2) is 52.8 Å². The van der Waals surface area contributed by atoms with Crippen molar-refractivity contribution in [2.75, 3.05) is 25.0 Å². The maximum absolute atomic E-state index is 6.06. The maximum Gasteiger partial charge on any atom is 0.223 e. The van der Waals surface area contributed by atoms with Crippen molar-refractivity contribution >= 4 is 5.95 Å². The van der Waals surface area contributed by atoms with Crippen molar-refractivity contribution in [1.29, 1.82) is 0 Å². The predicted octanol–water partition coefficient (Wildman–Crippen LogP) is 2.26. The van der Waals surface area contributed by atoms with Crippen LogP contribution in [0.2, 0.25) is 0 Å². The quantitative estimate of drug-likeness (QED) is 0.924. The highest BCUT2D eigenvalue weighted by molar-refractivity contribution is 5.28. The van der Waals surface area contributed by atoms with Crippen molar-refractivity contribution in [2.45, 2.75) is 57.2 Å². The van der Waals surface area contributed by atoms with Gasteiger partial charge >= 0.3 is 0 Å². The van der Waals surface area contributed by atoms with Crippen LogP contribution in [0.4, 0.5) is 5.95 Å². The molecule has 0 bridgehead atoms. The molecule has 3 aliphatic rings. The van der Waals surface area contributed by atoms with Crippen LogP contribution in [0.3, 0.4) is 0 Å². The zero-order chi connectivity index (χ0) is 15.1. The normalized spacial score (nSPS) is 32.2. The van der Waals surface area contributed by atoms with E-state index in [4.69, 9.17) is 4.74 Å². The van der Waals surface area contributed by atoms with E-state index in [9.17, 15) is 0 Å². The van der Waals surface area contributed by atoms with Gasteiger partial charge in [0.1, 0.15) is 0 Å².